The molecular formula is C15H12N2O3. The fourth-order valence-electron chi connectivity index (χ4n) is 2.58. The summed E-state index contributed by atoms with van der Waals surface area (Å²) in [6.07, 6.45) is 1.48. The van der Waals surface area contributed by atoms with Gasteiger partial charge < -0.3 is 4.90 Å². The average molecular weight is 268 g/mol. The lowest BCUT2D eigenvalue weighted by molar-refractivity contribution is -0.384. The molecule has 0 aromatic heterocycles. The first-order valence-corrected chi connectivity index (χ1v) is 6.30. The van der Waals surface area contributed by atoms with E-state index in [2.05, 4.69) is 0 Å². The molecule has 0 unspecified atom stereocenters. The van der Waals surface area contributed by atoms with Gasteiger partial charge in [-0.3, -0.25) is 14.9 Å². The average Bonchev–Trinajstić information content (AvgIpc) is 2.90. The molecule has 0 bridgehead atoms. The van der Waals surface area contributed by atoms with Crippen LogP contribution in [0.3, 0.4) is 0 Å². The van der Waals surface area contributed by atoms with E-state index in [1.165, 1.54) is 11.6 Å². The molecule has 1 aliphatic rings. The summed E-state index contributed by atoms with van der Waals surface area (Å²) >= 11 is 0. The zero-order valence-electron chi connectivity index (χ0n) is 10.7. The Kier molecular flexibility index (Phi) is 2.95. The maximum absolute atomic E-state index is 11.2. The zero-order chi connectivity index (χ0) is 14.1. The third-order valence-corrected chi connectivity index (χ3v) is 3.51. The van der Waals surface area contributed by atoms with Gasteiger partial charge in [-0.1, -0.05) is 18.2 Å². The molecule has 0 N–H and O–H groups in total. The summed E-state index contributed by atoms with van der Waals surface area (Å²) in [5.74, 6) is 0. The summed E-state index contributed by atoms with van der Waals surface area (Å²) in [4.78, 5) is 23.5. The molecule has 0 aliphatic carbocycles. The van der Waals surface area contributed by atoms with Crippen molar-refractivity contribution in [3.63, 3.8) is 0 Å². The fraction of sp³-hybridized carbons (Fsp3) is 0.133. The number of benzene rings is 2. The molecule has 0 radical (unpaired) electrons. The number of hydrogen-bond donors (Lipinski definition) is 0. The van der Waals surface area contributed by atoms with E-state index >= 15 is 0 Å². The molecule has 0 spiro atoms. The first-order valence-electron chi connectivity index (χ1n) is 6.30. The van der Waals surface area contributed by atoms with Crippen LogP contribution in [0.5, 0.6) is 0 Å². The van der Waals surface area contributed by atoms with Gasteiger partial charge >= 0.3 is 0 Å². The van der Waals surface area contributed by atoms with Gasteiger partial charge in [0.15, 0.2) is 0 Å². The molecule has 1 heterocycles. The van der Waals surface area contributed by atoms with Crippen LogP contribution in [0, 0.1) is 10.1 Å². The van der Waals surface area contributed by atoms with Crippen molar-refractivity contribution in [2.24, 2.45) is 0 Å². The number of nitro benzene ring substituents is 1. The van der Waals surface area contributed by atoms with Gasteiger partial charge in [-0.2, -0.15) is 0 Å². The lowest BCUT2D eigenvalue weighted by Gasteiger charge is -2.19. The first kappa shape index (κ1) is 12.3. The van der Waals surface area contributed by atoms with Gasteiger partial charge in [-0.25, -0.2) is 0 Å². The molecule has 100 valence electrons. The summed E-state index contributed by atoms with van der Waals surface area (Å²) < 4.78 is 0. The number of hydrogen-bond acceptors (Lipinski definition) is 4. The maximum Gasteiger partial charge on any atom is 0.293 e. The summed E-state index contributed by atoms with van der Waals surface area (Å²) in [6, 6.07) is 12.4. The van der Waals surface area contributed by atoms with Crippen LogP contribution in [0.1, 0.15) is 15.9 Å². The van der Waals surface area contributed by atoms with Crippen molar-refractivity contribution in [2.75, 3.05) is 11.4 Å². The predicted octanol–water partition coefficient (Wildman–Crippen LogP) is 3.10. The van der Waals surface area contributed by atoms with Gasteiger partial charge in [0.2, 0.25) is 0 Å². The van der Waals surface area contributed by atoms with E-state index in [1.807, 2.05) is 29.2 Å². The Labute approximate surface area is 115 Å². The highest BCUT2D eigenvalue weighted by Gasteiger charge is 2.26. The van der Waals surface area contributed by atoms with E-state index in [9.17, 15) is 14.9 Å². The van der Waals surface area contributed by atoms with Crippen LogP contribution in [0.2, 0.25) is 0 Å². The largest absolute Gasteiger partial charge is 0.335 e. The molecule has 5 nitrogen and oxygen atoms in total. The lowest BCUT2D eigenvalue weighted by Crippen LogP contribution is -2.15. The highest BCUT2D eigenvalue weighted by molar-refractivity contribution is 5.82. The van der Waals surface area contributed by atoms with Crippen LogP contribution in [0.15, 0.2) is 42.5 Å². The molecule has 0 atom stereocenters. The van der Waals surface area contributed by atoms with Crippen molar-refractivity contribution in [1.82, 2.24) is 0 Å². The molecule has 3 rings (SSSR count). The Hall–Kier alpha value is -2.69. The Morgan fingerprint density at radius 1 is 1.15 bits per heavy atom. The zero-order valence-corrected chi connectivity index (χ0v) is 10.7. The van der Waals surface area contributed by atoms with E-state index in [1.54, 1.807) is 12.1 Å². The minimum atomic E-state index is -0.441. The maximum atomic E-state index is 11.2. The Balaban J connectivity index is 2.12. The minimum absolute atomic E-state index is 0.0358. The van der Waals surface area contributed by atoms with Crippen LogP contribution < -0.4 is 4.90 Å². The standard InChI is InChI=1S/C15H12N2O3/c18-10-11-5-6-14(15(9-11)17(19)20)16-8-7-12-3-1-2-4-13(12)16/h1-6,9-10H,7-8H2. The van der Waals surface area contributed by atoms with E-state index in [0.29, 0.717) is 24.1 Å². The van der Waals surface area contributed by atoms with Gasteiger partial charge in [-0.05, 0) is 30.2 Å². The summed E-state index contributed by atoms with van der Waals surface area (Å²) in [6.45, 7) is 0.709. The number of rotatable bonds is 3. The van der Waals surface area contributed by atoms with Crippen LogP contribution in [0.25, 0.3) is 0 Å². The van der Waals surface area contributed by atoms with E-state index < -0.39 is 4.92 Å². The molecule has 0 amide bonds. The number of nitrogens with zero attached hydrogens (tertiary/aromatic N) is 2. The number of carbonyl (C=O) groups excluding carboxylic acids is 1. The van der Waals surface area contributed by atoms with Crippen molar-refractivity contribution >= 4 is 23.3 Å². The number of anilines is 2. The molecule has 5 heteroatoms. The normalized spacial score (nSPS) is 13.1. The summed E-state index contributed by atoms with van der Waals surface area (Å²) in [7, 11) is 0. The molecule has 0 fully saturated rings. The van der Waals surface area contributed by atoms with Crippen molar-refractivity contribution in [3.05, 3.63) is 63.7 Å². The van der Waals surface area contributed by atoms with Crippen LogP contribution >= 0.6 is 0 Å². The number of carbonyl (C=O) groups is 1. The second kappa shape index (κ2) is 4.77. The highest BCUT2D eigenvalue weighted by atomic mass is 16.6. The topological polar surface area (TPSA) is 63.5 Å². The quantitative estimate of drug-likeness (QED) is 0.487. The lowest BCUT2D eigenvalue weighted by atomic mass is 10.1. The van der Waals surface area contributed by atoms with Crippen LogP contribution in [-0.4, -0.2) is 17.8 Å². The molecule has 1 aliphatic heterocycles. The first-order chi connectivity index (χ1) is 9.70. The van der Waals surface area contributed by atoms with Gasteiger partial charge in [0.05, 0.1) is 4.92 Å². The second-order valence-corrected chi connectivity index (χ2v) is 4.65. The van der Waals surface area contributed by atoms with E-state index in [4.69, 9.17) is 0 Å². The van der Waals surface area contributed by atoms with Crippen molar-refractivity contribution in [3.8, 4) is 0 Å². The van der Waals surface area contributed by atoms with Crippen molar-refractivity contribution in [1.29, 1.82) is 0 Å². The number of nitro groups is 1. The smallest absolute Gasteiger partial charge is 0.293 e. The monoisotopic (exact) mass is 268 g/mol. The third kappa shape index (κ3) is 1.93. The number of aldehydes is 1. The van der Waals surface area contributed by atoms with E-state index in [0.717, 1.165) is 12.1 Å². The Morgan fingerprint density at radius 3 is 2.70 bits per heavy atom. The SMILES string of the molecule is O=Cc1ccc(N2CCc3ccccc32)c([N+](=O)[O-])c1. The van der Waals surface area contributed by atoms with E-state index in [-0.39, 0.29) is 5.69 Å². The van der Waals surface area contributed by atoms with Gasteiger partial charge in [0.1, 0.15) is 12.0 Å². The molecular weight excluding hydrogens is 256 g/mol. The van der Waals surface area contributed by atoms with Crippen molar-refractivity contribution in [2.45, 2.75) is 6.42 Å². The second-order valence-electron chi connectivity index (χ2n) is 4.65. The van der Waals surface area contributed by atoms with Crippen LogP contribution in [-0.2, 0) is 6.42 Å². The third-order valence-electron chi connectivity index (χ3n) is 3.51. The van der Waals surface area contributed by atoms with Gasteiger partial charge in [0.25, 0.3) is 5.69 Å². The van der Waals surface area contributed by atoms with Crippen LogP contribution in [0.4, 0.5) is 17.1 Å². The number of fused-ring (bicyclic) bond motifs is 1. The van der Waals surface area contributed by atoms with Gasteiger partial charge in [0, 0.05) is 23.9 Å². The molecule has 20 heavy (non-hydrogen) atoms. The summed E-state index contributed by atoms with van der Waals surface area (Å²) in [5, 5.41) is 11.2. The van der Waals surface area contributed by atoms with Gasteiger partial charge in [-0.15, -0.1) is 0 Å². The predicted molar refractivity (Wildman–Crippen MR) is 75.6 cm³/mol. The summed E-state index contributed by atoms with van der Waals surface area (Å²) in [5.41, 5.74) is 2.99. The molecule has 0 saturated carbocycles. The molecule has 0 saturated heterocycles. The molecule has 2 aromatic rings. The molecule has 2 aromatic carbocycles. The Morgan fingerprint density at radius 2 is 1.95 bits per heavy atom. The highest BCUT2D eigenvalue weighted by Crippen LogP contribution is 2.39. The number of para-hydroxylation sites is 1. The van der Waals surface area contributed by atoms with Crippen molar-refractivity contribution < 1.29 is 9.72 Å². The minimum Gasteiger partial charge on any atom is -0.335 e. The Bertz CT molecular complexity index is 697. The fourth-order valence-corrected chi connectivity index (χ4v) is 2.58.